The van der Waals surface area contributed by atoms with E-state index in [1.165, 1.54) is 0 Å². The van der Waals surface area contributed by atoms with Gasteiger partial charge in [0, 0.05) is 11.6 Å². The molecule has 0 saturated carbocycles. The number of carbonyl (C=O) groups is 1. The summed E-state index contributed by atoms with van der Waals surface area (Å²) in [5.41, 5.74) is -0.433. The molecule has 0 amide bonds. The second-order valence-electron chi connectivity index (χ2n) is 4.08. The highest BCUT2D eigenvalue weighted by Crippen LogP contribution is 2.13. The van der Waals surface area contributed by atoms with E-state index < -0.39 is 11.0 Å². The molecule has 0 aliphatic carbocycles. The van der Waals surface area contributed by atoms with Gasteiger partial charge in [0.05, 0.1) is 13.2 Å². The van der Waals surface area contributed by atoms with Crippen molar-refractivity contribution < 1.29 is 14.3 Å². The molecule has 0 heterocycles. The highest BCUT2D eigenvalue weighted by Gasteiger charge is 2.22. The topological polar surface area (TPSA) is 35.5 Å². The van der Waals surface area contributed by atoms with E-state index in [9.17, 15) is 4.79 Å². The Balaban J connectivity index is 2.32. The lowest BCUT2D eigenvalue weighted by Gasteiger charge is -2.23. The molecule has 0 fully saturated rings. The van der Waals surface area contributed by atoms with Gasteiger partial charge in [0.1, 0.15) is 5.60 Å². The molecule has 3 nitrogen and oxygen atoms in total. The van der Waals surface area contributed by atoms with Gasteiger partial charge in [0.15, 0.2) is 0 Å². The fourth-order valence-electron chi connectivity index (χ4n) is 1.24. The predicted octanol–water partition coefficient (Wildman–Crippen LogP) is 3.36. The summed E-state index contributed by atoms with van der Waals surface area (Å²) in [6, 6.07) is 9.79. The molecule has 0 saturated heterocycles. The lowest BCUT2D eigenvalue weighted by Crippen LogP contribution is -2.31. The van der Waals surface area contributed by atoms with Crippen LogP contribution in [0.5, 0.6) is 0 Å². The van der Waals surface area contributed by atoms with Crippen molar-refractivity contribution >= 4 is 17.0 Å². The quantitative estimate of drug-likeness (QED) is 0.743. The molecule has 1 aromatic carbocycles. The Morgan fingerprint density at radius 3 is 2.50 bits per heavy atom. The van der Waals surface area contributed by atoms with Crippen molar-refractivity contribution in [1.82, 2.24) is 0 Å². The van der Waals surface area contributed by atoms with Crippen LogP contribution < -0.4 is 0 Å². The minimum Gasteiger partial charge on any atom is -0.445 e. The molecule has 0 radical (unpaired) electrons. The third kappa shape index (κ3) is 5.14. The lowest BCUT2D eigenvalue weighted by molar-refractivity contribution is -0.0296. The molecule has 0 aromatic heterocycles. The fraction of sp³-hybridized carbons (Fsp3) is 0.417. The minimum atomic E-state index is -0.812. The summed E-state index contributed by atoms with van der Waals surface area (Å²) >= 11 is 5.14. The highest BCUT2D eigenvalue weighted by atomic mass is 35.5. The summed E-state index contributed by atoms with van der Waals surface area (Å²) in [5.74, 6) is 0. The van der Waals surface area contributed by atoms with Crippen LogP contribution in [-0.2, 0) is 16.1 Å². The van der Waals surface area contributed by atoms with E-state index in [1.54, 1.807) is 13.8 Å². The maximum absolute atomic E-state index is 10.6. The molecular formula is C12H15ClO3. The number of hydrogen-bond donors (Lipinski definition) is 0. The third-order valence-corrected chi connectivity index (χ3v) is 1.99. The maximum atomic E-state index is 10.6. The highest BCUT2D eigenvalue weighted by molar-refractivity contribution is 6.61. The largest absolute Gasteiger partial charge is 0.445 e. The van der Waals surface area contributed by atoms with Crippen molar-refractivity contribution in [2.24, 2.45) is 0 Å². The van der Waals surface area contributed by atoms with E-state index in [0.29, 0.717) is 13.2 Å². The van der Waals surface area contributed by atoms with E-state index in [0.717, 1.165) is 5.56 Å². The average Bonchev–Trinajstić information content (AvgIpc) is 2.16. The molecule has 0 spiro atoms. The Morgan fingerprint density at radius 1 is 1.31 bits per heavy atom. The van der Waals surface area contributed by atoms with E-state index in [4.69, 9.17) is 21.1 Å². The fourth-order valence-corrected chi connectivity index (χ4v) is 1.44. The first-order valence-corrected chi connectivity index (χ1v) is 5.37. The van der Waals surface area contributed by atoms with Gasteiger partial charge in [-0.25, -0.2) is 4.79 Å². The first kappa shape index (κ1) is 13.0. The molecule has 1 rings (SSSR count). The van der Waals surface area contributed by atoms with Gasteiger partial charge in [-0.1, -0.05) is 30.3 Å². The second-order valence-corrected chi connectivity index (χ2v) is 4.39. The van der Waals surface area contributed by atoms with Crippen LogP contribution in [0, 0.1) is 0 Å². The molecule has 0 N–H and O–H groups in total. The van der Waals surface area contributed by atoms with Crippen molar-refractivity contribution in [3.63, 3.8) is 0 Å². The molecular weight excluding hydrogens is 228 g/mol. The average molecular weight is 243 g/mol. The van der Waals surface area contributed by atoms with Crippen LogP contribution in [0.3, 0.4) is 0 Å². The van der Waals surface area contributed by atoms with Crippen LogP contribution in [0.1, 0.15) is 19.4 Å². The monoisotopic (exact) mass is 242 g/mol. The Labute approximate surface area is 100 Å². The van der Waals surface area contributed by atoms with Crippen LogP contribution in [0.4, 0.5) is 4.79 Å². The van der Waals surface area contributed by atoms with Gasteiger partial charge < -0.3 is 9.47 Å². The molecule has 1 aromatic rings. The van der Waals surface area contributed by atoms with Crippen LogP contribution in [0.2, 0.25) is 0 Å². The molecule has 0 bridgehead atoms. The minimum absolute atomic E-state index is 0.306. The van der Waals surface area contributed by atoms with Crippen molar-refractivity contribution in [2.75, 3.05) is 6.61 Å². The SMILES string of the molecule is CC(C)(COCc1ccccc1)OC(=O)Cl. The third-order valence-electron chi connectivity index (χ3n) is 1.92. The first-order chi connectivity index (χ1) is 7.49. The lowest BCUT2D eigenvalue weighted by atomic mass is 10.1. The summed E-state index contributed by atoms with van der Waals surface area (Å²) < 4.78 is 10.3. The van der Waals surface area contributed by atoms with Crippen LogP contribution in [0.25, 0.3) is 0 Å². The number of rotatable bonds is 5. The van der Waals surface area contributed by atoms with Gasteiger partial charge in [-0.3, -0.25) is 0 Å². The summed E-state index contributed by atoms with van der Waals surface area (Å²) in [7, 11) is 0. The van der Waals surface area contributed by atoms with Gasteiger partial charge in [0.2, 0.25) is 0 Å². The Morgan fingerprint density at radius 2 is 1.94 bits per heavy atom. The second kappa shape index (κ2) is 5.87. The van der Waals surface area contributed by atoms with Gasteiger partial charge in [-0.2, -0.15) is 0 Å². The number of carbonyl (C=O) groups excluding carboxylic acids is 1. The molecule has 4 heteroatoms. The molecule has 88 valence electrons. The van der Waals surface area contributed by atoms with Crippen LogP contribution >= 0.6 is 11.6 Å². The zero-order valence-electron chi connectivity index (χ0n) is 9.40. The van der Waals surface area contributed by atoms with E-state index in [2.05, 4.69) is 0 Å². The summed E-state index contributed by atoms with van der Waals surface area (Å²) in [4.78, 5) is 10.6. The number of hydrogen-bond acceptors (Lipinski definition) is 3. The Kier molecular flexibility index (Phi) is 4.77. The van der Waals surface area contributed by atoms with E-state index in [-0.39, 0.29) is 0 Å². The standard InChI is InChI=1S/C12H15ClO3/c1-12(2,16-11(13)14)9-15-8-10-6-4-3-5-7-10/h3-7H,8-9H2,1-2H3. The first-order valence-electron chi connectivity index (χ1n) is 5.00. The van der Waals surface area contributed by atoms with Crippen molar-refractivity contribution in [2.45, 2.75) is 26.1 Å². The van der Waals surface area contributed by atoms with E-state index >= 15 is 0 Å². The zero-order valence-corrected chi connectivity index (χ0v) is 10.2. The van der Waals surface area contributed by atoms with Gasteiger partial charge in [-0.15, -0.1) is 0 Å². The molecule has 0 atom stereocenters. The number of benzene rings is 1. The molecule has 0 aliphatic rings. The molecule has 0 aliphatic heterocycles. The number of halogens is 1. The van der Waals surface area contributed by atoms with Gasteiger partial charge >= 0.3 is 5.43 Å². The summed E-state index contributed by atoms with van der Waals surface area (Å²) in [6.07, 6.45) is 0. The summed E-state index contributed by atoms with van der Waals surface area (Å²) in [5, 5.41) is 0. The van der Waals surface area contributed by atoms with Crippen molar-refractivity contribution in [3.05, 3.63) is 35.9 Å². The normalized spacial score (nSPS) is 11.2. The summed E-state index contributed by atoms with van der Waals surface area (Å²) in [6.45, 7) is 4.29. The van der Waals surface area contributed by atoms with E-state index in [1.807, 2.05) is 30.3 Å². The van der Waals surface area contributed by atoms with Crippen molar-refractivity contribution in [3.8, 4) is 0 Å². The van der Waals surface area contributed by atoms with Crippen LogP contribution in [-0.4, -0.2) is 17.6 Å². The smallest absolute Gasteiger partial charge is 0.404 e. The molecule has 16 heavy (non-hydrogen) atoms. The number of ether oxygens (including phenoxy) is 2. The maximum Gasteiger partial charge on any atom is 0.404 e. The predicted molar refractivity (Wildman–Crippen MR) is 62.5 cm³/mol. The van der Waals surface area contributed by atoms with Gasteiger partial charge in [0.25, 0.3) is 0 Å². The van der Waals surface area contributed by atoms with Crippen molar-refractivity contribution in [1.29, 1.82) is 0 Å². The zero-order chi connectivity index (χ0) is 12.0. The Bertz CT molecular complexity index is 335. The van der Waals surface area contributed by atoms with Crippen LogP contribution in [0.15, 0.2) is 30.3 Å². The molecule has 0 unspecified atom stereocenters. The van der Waals surface area contributed by atoms with Gasteiger partial charge in [-0.05, 0) is 19.4 Å². The Hall–Kier alpha value is -1.06.